The Morgan fingerprint density at radius 3 is 3.00 bits per heavy atom. The summed E-state index contributed by atoms with van der Waals surface area (Å²) < 4.78 is 0.874. The van der Waals surface area contributed by atoms with Gasteiger partial charge in [-0.25, -0.2) is 4.98 Å². The molecule has 72 valence electrons. The van der Waals surface area contributed by atoms with Crippen LogP contribution in [0.1, 0.15) is 37.8 Å². The molecule has 0 aromatic carbocycles. The van der Waals surface area contributed by atoms with Crippen LogP contribution in [0.15, 0.2) is 22.9 Å². The predicted octanol–water partition coefficient (Wildman–Crippen LogP) is 3.03. The Balaban J connectivity index is 2.65. The molecule has 2 nitrogen and oxygen atoms in total. The van der Waals surface area contributed by atoms with Crippen molar-refractivity contribution >= 4 is 15.9 Å². The topological polar surface area (TPSA) is 38.9 Å². The van der Waals surface area contributed by atoms with Crippen molar-refractivity contribution in [1.82, 2.24) is 4.98 Å². The number of hydrogen-bond acceptors (Lipinski definition) is 2. The van der Waals surface area contributed by atoms with Gasteiger partial charge in [0.05, 0.1) is 0 Å². The number of unbranched alkanes of at least 4 members (excludes halogenated alkanes) is 1. The first kappa shape index (κ1) is 10.7. The third-order valence-electron chi connectivity index (χ3n) is 2.06. The molecule has 13 heavy (non-hydrogen) atoms. The first-order valence-electron chi connectivity index (χ1n) is 4.61. The average molecular weight is 243 g/mol. The molecular weight excluding hydrogens is 228 g/mol. The summed E-state index contributed by atoms with van der Waals surface area (Å²) in [6.45, 7) is 2.17. The van der Waals surface area contributed by atoms with Crippen molar-refractivity contribution in [3.05, 3.63) is 28.5 Å². The number of hydrogen-bond donors (Lipinski definition) is 1. The van der Waals surface area contributed by atoms with Crippen LogP contribution in [-0.2, 0) is 0 Å². The first-order valence-corrected chi connectivity index (χ1v) is 5.41. The van der Waals surface area contributed by atoms with Gasteiger partial charge in [0.15, 0.2) is 0 Å². The fourth-order valence-corrected chi connectivity index (χ4v) is 1.80. The zero-order valence-electron chi connectivity index (χ0n) is 7.83. The van der Waals surface area contributed by atoms with Crippen LogP contribution in [-0.4, -0.2) is 4.98 Å². The summed E-state index contributed by atoms with van der Waals surface area (Å²) >= 11 is 3.40. The van der Waals surface area contributed by atoms with Crippen LogP contribution >= 0.6 is 15.9 Å². The number of pyridine rings is 1. The summed E-state index contributed by atoms with van der Waals surface area (Å²) in [7, 11) is 0. The van der Waals surface area contributed by atoms with E-state index < -0.39 is 0 Å². The normalized spacial score (nSPS) is 12.8. The van der Waals surface area contributed by atoms with Gasteiger partial charge in [0, 0.05) is 17.8 Å². The third-order valence-corrected chi connectivity index (χ3v) is 2.72. The number of halogens is 1. The summed E-state index contributed by atoms with van der Waals surface area (Å²) in [5, 5.41) is 0. The van der Waals surface area contributed by atoms with E-state index in [-0.39, 0.29) is 6.04 Å². The molecule has 3 heteroatoms. The Bertz CT molecular complexity index is 263. The fourth-order valence-electron chi connectivity index (χ4n) is 1.25. The highest BCUT2D eigenvalue weighted by molar-refractivity contribution is 9.10. The van der Waals surface area contributed by atoms with E-state index in [2.05, 4.69) is 27.8 Å². The molecule has 0 fully saturated rings. The smallest absolute Gasteiger partial charge is 0.110 e. The molecule has 1 heterocycles. The van der Waals surface area contributed by atoms with Gasteiger partial charge < -0.3 is 5.73 Å². The fraction of sp³-hybridized carbons (Fsp3) is 0.500. The SMILES string of the molecule is CCCC[C@@H](N)c1cccnc1Br. The van der Waals surface area contributed by atoms with Gasteiger partial charge in [-0.3, -0.25) is 0 Å². The van der Waals surface area contributed by atoms with Crippen LogP contribution in [0.2, 0.25) is 0 Å². The minimum Gasteiger partial charge on any atom is -0.324 e. The molecule has 1 aromatic rings. The van der Waals surface area contributed by atoms with Crippen LogP contribution in [0.25, 0.3) is 0 Å². The van der Waals surface area contributed by atoms with E-state index in [0.29, 0.717) is 0 Å². The molecule has 0 saturated carbocycles. The molecule has 0 radical (unpaired) electrons. The van der Waals surface area contributed by atoms with Crippen molar-refractivity contribution in [3.8, 4) is 0 Å². The Kier molecular flexibility index (Phi) is 4.39. The molecule has 0 aliphatic heterocycles. The molecule has 1 aromatic heterocycles. The van der Waals surface area contributed by atoms with Gasteiger partial charge in [-0.15, -0.1) is 0 Å². The maximum Gasteiger partial charge on any atom is 0.110 e. The molecular formula is C10H15BrN2. The van der Waals surface area contributed by atoms with Crippen molar-refractivity contribution in [2.45, 2.75) is 32.2 Å². The van der Waals surface area contributed by atoms with Gasteiger partial charge in [-0.1, -0.05) is 25.8 Å². The van der Waals surface area contributed by atoms with Crippen LogP contribution in [0.5, 0.6) is 0 Å². The lowest BCUT2D eigenvalue weighted by atomic mass is 10.0. The Morgan fingerprint density at radius 1 is 1.62 bits per heavy atom. The lowest BCUT2D eigenvalue weighted by molar-refractivity contribution is 0.599. The Morgan fingerprint density at radius 2 is 2.38 bits per heavy atom. The molecule has 0 aliphatic rings. The number of rotatable bonds is 4. The van der Waals surface area contributed by atoms with Gasteiger partial charge >= 0.3 is 0 Å². The van der Waals surface area contributed by atoms with Gasteiger partial charge in [0.25, 0.3) is 0 Å². The van der Waals surface area contributed by atoms with Gasteiger partial charge in [0.2, 0.25) is 0 Å². The van der Waals surface area contributed by atoms with Crippen LogP contribution < -0.4 is 5.73 Å². The predicted molar refractivity (Wildman–Crippen MR) is 58.4 cm³/mol. The minimum atomic E-state index is 0.114. The standard InChI is InChI=1S/C10H15BrN2/c1-2-3-6-9(12)8-5-4-7-13-10(8)11/h4-5,7,9H,2-3,6,12H2,1H3/t9-/m1/s1. The van der Waals surface area contributed by atoms with E-state index in [1.807, 2.05) is 12.1 Å². The van der Waals surface area contributed by atoms with E-state index in [0.717, 1.165) is 16.6 Å². The zero-order chi connectivity index (χ0) is 9.68. The molecule has 2 N–H and O–H groups in total. The average Bonchev–Trinajstić information content (AvgIpc) is 2.15. The van der Waals surface area contributed by atoms with Crippen molar-refractivity contribution in [1.29, 1.82) is 0 Å². The summed E-state index contributed by atoms with van der Waals surface area (Å²) in [4.78, 5) is 4.14. The van der Waals surface area contributed by atoms with Gasteiger partial charge in [0.1, 0.15) is 4.60 Å². The van der Waals surface area contributed by atoms with Crippen LogP contribution in [0.4, 0.5) is 0 Å². The molecule has 0 aliphatic carbocycles. The van der Waals surface area contributed by atoms with E-state index in [9.17, 15) is 0 Å². The maximum atomic E-state index is 6.01. The van der Waals surface area contributed by atoms with Crippen LogP contribution in [0, 0.1) is 0 Å². The second-order valence-corrected chi connectivity index (χ2v) is 3.88. The van der Waals surface area contributed by atoms with E-state index >= 15 is 0 Å². The largest absolute Gasteiger partial charge is 0.324 e. The van der Waals surface area contributed by atoms with E-state index in [4.69, 9.17) is 5.73 Å². The zero-order valence-corrected chi connectivity index (χ0v) is 9.42. The van der Waals surface area contributed by atoms with E-state index in [1.54, 1.807) is 6.20 Å². The molecule has 0 bridgehead atoms. The molecule has 0 unspecified atom stereocenters. The molecule has 1 atom stereocenters. The second kappa shape index (κ2) is 5.35. The van der Waals surface area contributed by atoms with Crippen molar-refractivity contribution < 1.29 is 0 Å². The highest BCUT2D eigenvalue weighted by atomic mass is 79.9. The summed E-state index contributed by atoms with van der Waals surface area (Å²) in [6, 6.07) is 4.06. The molecule has 0 saturated heterocycles. The van der Waals surface area contributed by atoms with Gasteiger partial charge in [-0.2, -0.15) is 0 Å². The third kappa shape index (κ3) is 3.08. The highest BCUT2D eigenvalue weighted by Crippen LogP contribution is 2.22. The number of aromatic nitrogens is 1. The molecule has 0 amide bonds. The van der Waals surface area contributed by atoms with Gasteiger partial charge in [-0.05, 0) is 28.4 Å². The monoisotopic (exact) mass is 242 g/mol. The highest BCUT2D eigenvalue weighted by Gasteiger charge is 2.08. The Hall–Kier alpha value is -0.410. The summed E-state index contributed by atoms with van der Waals surface area (Å²) in [5.41, 5.74) is 7.12. The molecule has 0 spiro atoms. The first-order chi connectivity index (χ1) is 6.25. The second-order valence-electron chi connectivity index (χ2n) is 3.13. The summed E-state index contributed by atoms with van der Waals surface area (Å²) in [5.74, 6) is 0. The van der Waals surface area contributed by atoms with Crippen molar-refractivity contribution in [3.63, 3.8) is 0 Å². The Labute approximate surface area is 87.7 Å². The van der Waals surface area contributed by atoms with Crippen molar-refractivity contribution in [2.24, 2.45) is 5.73 Å². The lowest BCUT2D eigenvalue weighted by Gasteiger charge is -2.11. The quantitative estimate of drug-likeness (QED) is 0.825. The molecule has 1 rings (SSSR count). The minimum absolute atomic E-state index is 0.114. The van der Waals surface area contributed by atoms with Crippen LogP contribution in [0.3, 0.4) is 0 Å². The number of nitrogens with zero attached hydrogens (tertiary/aromatic N) is 1. The van der Waals surface area contributed by atoms with E-state index in [1.165, 1.54) is 12.8 Å². The lowest BCUT2D eigenvalue weighted by Crippen LogP contribution is -2.11. The maximum absolute atomic E-state index is 6.01. The van der Waals surface area contributed by atoms with Crippen molar-refractivity contribution in [2.75, 3.05) is 0 Å². The number of nitrogens with two attached hydrogens (primary N) is 1. The summed E-state index contributed by atoms with van der Waals surface area (Å²) in [6.07, 6.45) is 5.15.